The molecule has 0 bridgehead atoms. The zero-order chi connectivity index (χ0) is 18.4. The second-order valence-electron chi connectivity index (χ2n) is 6.55. The Morgan fingerprint density at radius 3 is 2.76 bits per heavy atom. The van der Waals surface area contributed by atoms with Crippen LogP contribution in [0.2, 0.25) is 0 Å². The normalized spacial score (nSPS) is 17.3. The third-order valence-corrected chi connectivity index (χ3v) is 4.81. The molecule has 1 heterocycles. The van der Waals surface area contributed by atoms with Crippen LogP contribution < -0.4 is 10.2 Å². The highest BCUT2D eigenvalue weighted by molar-refractivity contribution is 5.81. The lowest BCUT2D eigenvalue weighted by Crippen LogP contribution is -2.45. The van der Waals surface area contributed by atoms with Crippen molar-refractivity contribution >= 4 is 17.5 Å². The van der Waals surface area contributed by atoms with Crippen LogP contribution in [0.15, 0.2) is 18.2 Å². The fraction of sp³-hybridized carbons (Fsp3) is 0.579. The predicted octanol–water partition coefficient (Wildman–Crippen LogP) is 2.55. The molecular weight excluding hydrogens is 321 g/mol. The summed E-state index contributed by atoms with van der Waals surface area (Å²) in [4.78, 5) is 27.8. The highest BCUT2D eigenvalue weighted by atomic mass is 19.1. The standard InChI is InChI=1S/C19H28FN3O2/c1-4-18(24)23-10-6-7-15(13-23)19(25)21-12-14-8-9-17(16(20)11-14)22(3)5-2/h8-9,11,15H,4-7,10,12-13H2,1-3H3,(H,21,25)/t15-/m1/s1. The molecule has 1 fully saturated rings. The summed E-state index contributed by atoms with van der Waals surface area (Å²) < 4.78 is 14.1. The van der Waals surface area contributed by atoms with Crippen LogP contribution in [-0.2, 0) is 16.1 Å². The molecule has 1 N–H and O–H groups in total. The smallest absolute Gasteiger partial charge is 0.225 e. The van der Waals surface area contributed by atoms with E-state index in [1.165, 1.54) is 6.07 Å². The number of amides is 2. The van der Waals surface area contributed by atoms with E-state index in [-0.39, 0.29) is 23.5 Å². The van der Waals surface area contributed by atoms with E-state index in [0.29, 0.717) is 25.2 Å². The average molecular weight is 349 g/mol. The van der Waals surface area contributed by atoms with Crippen molar-refractivity contribution in [1.82, 2.24) is 10.2 Å². The monoisotopic (exact) mass is 349 g/mol. The molecule has 0 unspecified atom stereocenters. The van der Waals surface area contributed by atoms with E-state index in [1.54, 1.807) is 11.0 Å². The van der Waals surface area contributed by atoms with Crippen molar-refractivity contribution < 1.29 is 14.0 Å². The Kier molecular flexibility index (Phi) is 6.79. The van der Waals surface area contributed by atoms with E-state index >= 15 is 0 Å². The van der Waals surface area contributed by atoms with Gasteiger partial charge in [-0.1, -0.05) is 13.0 Å². The summed E-state index contributed by atoms with van der Waals surface area (Å²) in [6.07, 6.45) is 2.09. The van der Waals surface area contributed by atoms with Gasteiger partial charge >= 0.3 is 0 Å². The minimum absolute atomic E-state index is 0.0660. The van der Waals surface area contributed by atoms with Gasteiger partial charge in [-0.3, -0.25) is 9.59 Å². The van der Waals surface area contributed by atoms with Crippen molar-refractivity contribution in [2.24, 2.45) is 5.92 Å². The molecule has 138 valence electrons. The molecule has 1 aromatic carbocycles. The Labute approximate surface area is 149 Å². The lowest BCUT2D eigenvalue weighted by molar-refractivity contribution is -0.135. The molecule has 1 aliphatic rings. The maximum atomic E-state index is 14.1. The van der Waals surface area contributed by atoms with Gasteiger partial charge in [0, 0.05) is 39.6 Å². The minimum Gasteiger partial charge on any atom is -0.373 e. The molecule has 0 aromatic heterocycles. The maximum absolute atomic E-state index is 14.1. The number of halogens is 1. The van der Waals surface area contributed by atoms with Crippen LogP contribution in [0.25, 0.3) is 0 Å². The second kappa shape index (κ2) is 8.83. The quantitative estimate of drug-likeness (QED) is 0.859. The van der Waals surface area contributed by atoms with Gasteiger partial charge in [0.25, 0.3) is 0 Å². The van der Waals surface area contributed by atoms with Crippen molar-refractivity contribution in [2.45, 2.75) is 39.7 Å². The highest BCUT2D eigenvalue weighted by Gasteiger charge is 2.27. The van der Waals surface area contributed by atoms with Gasteiger partial charge in [0.2, 0.25) is 11.8 Å². The summed E-state index contributed by atoms with van der Waals surface area (Å²) in [5.41, 5.74) is 1.29. The van der Waals surface area contributed by atoms with E-state index in [9.17, 15) is 14.0 Å². The number of piperidine rings is 1. The Hall–Kier alpha value is -2.11. The van der Waals surface area contributed by atoms with E-state index in [1.807, 2.05) is 31.9 Å². The molecule has 2 amide bonds. The van der Waals surface area contributed by atoms with Crippen LogP contribution in [0.4, 0.5) is 10.1 Å². The Balaban J connectivity index is 1.91. The molecule has 1 saturated heterocycles. The first kappa shape index (κ1) is 19.2. The average Bonchev–Trinajstić information content (AvgIpc) is 2.64. The number of anilines is 1. The summed E-state index contributed by atoms with van der Waals surface area (Å²) in [7, 11) is 1.84. The third-order valence-electron chi connectivity index (χ3n) is 4.81. The van der Waals surface area contributed by atoms with Crippen LogP contribution >= 0.6 is 0 Å². The number of hydrogen-bond acceptors (Lipinski definition) is 3. The summed E-state index contributed by atoms with van der Waals surface area (Å²) in [5.74, 6) is -0.438. The largest absolute Gasteiger partial charge is 0.373 e. The molecule has 6 heteroatoms. The fourth-order valence-corrected chi connectivity index (χ4v) is 3.12. The van der Waals surface area contributed by atoms with Gasteiger partial charge < -0.3 is 15.1 Å². The number of nitrogens with one attached hydrogen (secondary N) is 1. The molecule has 0 aliphatic carbocycles. The van der Waals surface area contributed by atoms with Crippen molar-refractivity contribution in [3.8, 4) is 0 Å². The van der Waals surface area contributed by atoms with Crippen LogP contribution in [-0.4, -0.2) is 43.4 Å². The van der Waals surface area contributed by atoms with Crippen molar-refractivity contribution in [2.75, 3.05) is 31.6 Å². The Morgan fingerprint density at radius 2 is 2.12 bits per heavy atom. The first-order valence-corrected chi connectivity index (χ1v) is 9.01. The molecule has 2 rings (SSSR count). The Morgan fingerprint density at radius 1 is 1.36 bits per heavy atom. The van der Waals surface area contributed by atoms with Crippen molar-refractivity contribution in [3.05, 3.63) is 29.6 Å². The van der Waals surface area contributed by atoms with Crippen LogP contribution in [0.3, 0.4) is 0 Å². The number of likely N-dealkylation sites (tertiary alicyclic amines) is 1. The minimum atomic E-state index is -0.284. The van der Waals surface area contributed by atoms with E-state index in [4.69, 9.17) is 0 Å². The molecule has 25 heavy (non-hydrogen) atoms. The zero-order valence-electron chi connectivity index (χ0n) is 15.3. The second-order valence-corrected chi connectivity index (χ2v) is 6.55. The van der Waals surface area contributed by atoms with Crippen LogP contribution in [0.5, 0.6) is 0 Å². The number of carbonyl (C=O) groups excluding carboxylic acids is 2. The first-order chi connectivity index (χ1) is 12.0. The Bertz CT molecular complexity index is 621. The number of carbonyl (C=O) groups is 2. The summed E-state index contributed by atoms with van der Waals surface area (Å²) >= 11 is 0. The molecular formula is C19H28FN3O2. The summed E-state index contributed by atoms with van der Waals surface area (Å²) in [5, 5.41) is 2.88. The molecule has 5 nitrogen and oxygen atoms in total. The highest BCUT2D eigenvalue weighted by Crippen LogP contribution is 2.20. The lowest BCUT2D eigenvalue weighted by Gasteiger charge is -2.32. The maximum Gasteiger partial charge on any atom is 0.225 e. The zero-order valence-corrected chi connectivity index (χ0v) is 15.3. The third kappa shape index (κ3) is 4.94. The number of nitrogens with zero attached hydrogens (tertiary/aromatic N) is 2. The van der Waals surface area contributed by atoms with Gasteiger partial charge in [0.15, 0.2) is 0 Å². The number of hydrogen-bond donors (Lipinski definition) is 1. The van der Waals surface area contributed by atoms with Gasteiger partial charge in [-0.2, -0.15) is 0 Å². The molecule has 1 aliphatic heterocycles. The van der Waals surface area contributed by atoms with Crippen molar-refractivity contribution in [1.29, 1.82) is 0 Å². The fourth-order valence-electron chi connectivity index (χ4n) is 3.12. The van der Waals surface area contributed by atoms with E-state index < -0.39 is 0 Å². The topological polar surface area (TPSA) is 52.7 Å². The SMILES string of the molecule is CCC(=O)N1CCC[C@@H](C(=O)NCc2ccc(N(C)CC)c(F)c2)C1. The van der Waals surface area contributed by atoms with Gasteiger partial charge in [-0.25, -0.2) is 4.39 Å². The summed E-state index contributed by atoms with van der Waals surface area (Å²) in [6, 6.07) is 5.04. The predicted molar refractivity (Wildman–Crippen MR) is 96.8 cm³/mol. The molecule has 1 aromatic rings. The van der Waals surface area contributed by atoms with Gasteiger partial charge in [-0.05, 0) is 37.5 Å². The molecule has 0 radical (unpaired) electrons. The van der Waals surface area contributed by atoms with Gasteiger partial charge in [0.05, 0.1) is 11.6 Å². The first-order valence-electron chi connectivity index (χ1n) is 9.01. The molecule has 0 saturated carbocycles. The lowest BCUT2D eigenvalue weighted by atomic mass is 9.96. The van der Waals surface area contributed by atoms with Gasteiger partial charge in [0.1, 0.15) is 5.82 Å². The molecule has 1 atom stereocenters. The number of rotatable bonds is 6. The van der Waals surface area contributed by atoms with E-state index in [0.717, 1.165) is 31.5 Å². The van der Waals surface area contributed by atoms with Crippen molar-refractivity contribution in [3.63, 3.8) is 0 Å². The summed E-state index contributed by atoms with van der Waals surface area (Å²) in [6.45, 7) is 6.03. The molecule has 0 spiro atoms. The number of benzene rings is 1. The van der Waals surface area contributed by atoms with Crippen LogP contribution in [0.1, 0.15) is 38.7 Å². The van der Waals surface area contributed by atoms with Gasteiger partial charge in [-0.15, -0.1) is 0 Å². The van der Waals surface area contributed by atoms with E-state index in [2.05, 4.69) is 5.32 Å². The van der Waals surface area contributed by atoms with Crippen LogP contribution in [0, 0.1) is 11.7 Å².